The van der Waals surface area contributed by atoms with E-state index in [-0.39, 0.29) is 5.56 Å². The van der Waals surface area contributed by atoms with Gasteiger partial charge in [0.25, 0.3) is 0 Å². The Bertz CT molecular complexity index is 484. The largest absolute Gasteiger partial charge is 0.307 e. The fraction of sp³-hybridized carbons (Fsp3) is 0.222. The normalized spacial score (nSPS) is 11.7. The third-order valence-electron chi connectivity index (χ3n) is 1.96. The van der Waals surface area contributed by atoms with Crippen molar-refractivity contribution < 1.29 is 18.5 Å². The molecule has 0 saturated heterocycles. The molecule has 0 saturated carbocycles. The van der Waals surface area contributed by atoms with Crippen LogP contribution in [-0.2, 0) is 4.79 Å². The van der Waals surface area contributed by atoms with Crippen LogP contribution in [0.5, 0.6) is 0 Å². The summed E-state index contributed by atoms with van der Waals surface area (Å²) in [7, 11) is 0. The molecule has 0 amide bonds. The van der Waals surface area contributed by atoms with E-state index in [1.165, 1.54) is 13.0 Å². The number of hydrogen-bond donors (Lipinski definition) is 0. The molecule has 1 atom stereocenters. The maximum Gasteiger partial charge on any atom is 0.307 e. The molecule has 0 radical (unpaired) electrons. The molecule has 1 unspecified atom stereocenters. The van der Waals surface area contributed by atoms with Gasteiger partial charge in [0.1, 0.15) is 5.82 Å². The Morgan fingerprint density at radius 1 is 1.44 bits per heavy atom. The Morgan fingerprint density at radius 3 is 2.56 bits per heavy atom. The van der Waals surface area contributed by atoms with Gasteiger partial charge in [0, 0.05) is 5.56 Å². The summed E-state index contributed by atoms with van der Waals surface area (Å²) >= 11 is 0. The van der Waals surface area contributed by atoms with E-state index < -0.39 is 28.3 Å². The summed E-state index contributed by atoms with van der Waals surface area (Å²) in [6.07, 6.45) is 1.20. The first-order valence-electron chi connectivity index (χ1n) is 4.17. The second-order valence-corrected chi connectivity index (χ2v) is 2.98. The van der Waals surface area contributed by atoms with E-state index in [1.807, 2.05) is 0 Å². The standard InChI is InChI=1S/C9H6F2N2O3/c1-5(12-4-14)6-2-8(11)9(13(15)16)3-7(6)10/h2-3,5H,1H3. The molecule has 0 N–H and O–H groups in total. The lowest BCUT2D eigenvalue weighted by molar-refractivity contribution is -0.387. The Labute approximate surface area is 88.6 Å². The third kappa shape index (κ3) is 2.26. The van der Waals surface area contributed by atoms with Gasteiger partial charge in [-0.15, -0.1) is 0 Å². The second kappa shape index (κ2) is 4.59. The number of nitro benzene ring substituents is 1. The van der Waals surface area contributed by atoms with Crippen LogP contribution in [0.2, 0.25) is 0 Å². The van der Waals surface area contributed by atoms with Crippen molar-refractivity contribution in [2.45, 2.75) is 13.0 Å². The molecule has 5 nitrogen and oxygen atoms in total. The zero-order chi connectivity index (χ0) is 12.3. The molecule has 84 valence electrons. The van der Waals surface area contributed by atoms with Gasteiger partial charge in [-0.1, -0.05) is 0 Å². The molecule has 0 aliphatic carbocycles. The first-order valence-corrected chi connectivity index (χ1v) is 4.17. The minimum atomic E-state index is -1.17. The fourth-order valence-electron chi connectivity index (χ4n) is 1.16. The fourth-order valence-corrected chi connectivity index (χ4v) is 1.16. The number of benzene rings is 1. The molecule has 0 spiro atoms. The molecule has 1 aromatic rings. The highest BCUT2D eigenvalue weighted by Crippen LogP contribution is 2.26. The van der Waals surface area contributed by atoms with Gasteiger partial charge in [0.15, 0.2) is 0 Å². The number of nitrogens with zero attached hydrogens (tertiary/aromatic N) is 2. The Balaban J connectivity index is 3.30. The summed E-state index contributed by atoms with van der Waals surface area (Å²) in [6.45, 7) is 1.34. The van der Waals surface area contributed by atoms with Gasteiger partial charge in [-0.3, -0.25) is 10.1 Å². The van der Waals surface area contributed by atoms with E-state index >= 15 is 0 Å². The maximum absolute atomic E-state index is 13.3. The highest BCUT2D eigenvalue weighted by Gasteiger charge is 2.20. The van der Waals surface area contributed by atoms with Gasteiger partial charge in [0.2, 0.25) is 11.9 Å². The van der Waals surface area contributed by atoms with Gasteiger partial charge in [-0.2, -0.15) is 9.38 Å². The average Bonchev–Trinajstić information content (AvgIpc) is 2.20. The smallest absolute Gasteiger partial charge is 0.258 e. The topological polar surface area (TPSA) is 72.6 Å². The van der Waals surface area contributed by atoms with Crippen molar-refractivity contribution in [3.63, 3.8) is 0 Å². The van der Waals surface area contributed by atoms with Crippen molar-refractivity contribution in [3.05, 3.63) is 39.4 Å². The van der Waals surface area contributed by atoms with E-state index in [1.54, 1.807) is 0 Å². The van der Waals surface area contributed by atoms with E-state index in [0.29, 0.717) is 12.1 Å². The molecular formula is C9H6F2N2O3. The molecule has 0 aliphatic heterocycles. The molecule has 0 bridgehead atoms. The van der Waals surface area contributed by atoms with Gasteiger partial charge >= 0.3 is 5.69 Å². The zero-order valence-electron chi connectivity index (χ0n) is 8.11. The van der Waals surface area contributed by atoms with Crippen LogP contribution >= 0.6 is 0 Å². The maximum atomic E-state index is 13.3. The van der Waals surface area contributed by atoms with Crippen LogP contribution in [-0.4, -0.2) is 11.0 Å². The number of isocyanates is 1. The summed E-state index contributed by atoms with van der Waals surface area (Å²) in [5.74, 6) is -2.16. The number of aliphatic imine (C=N–C) groups is 1. The number of hydrogen-bond acceptors (Lipinski definition) is 4. The Morgan fingerprint density at radius 2 is 2.06 bits per heavy atom. The highest BCUT2D eigenvalue weighted by molar-refractivity contribution is 5.40. The van der Waals surface area contributed by atoms with Gasteiger partial charge in [0.05, 0.1) is 17.0 Å². The summed E-state index contributed by atoms with van der Waals surface area (Å²) in [5, 5.41) is 10.3. The summed E-state index contributed by atoms with van der Waals surface area (Å²) in [5.41, 5.74) is -1.19. The molecule has 0 heterocycles. The van der Waals surface area contributed by atoms with Crippen LogP contribution in [0.1, 0.15) is 18.5 Å². The van der Waals surface area contributed by atoms with E-state index in [9.17, 15) is 23.7 Å². The van der Waals surface area contributed by atoms with Crippen molar-refractivity contribution in [2.24, 2.45) is 4.99 Å². The summed E-state index contributed by atoms with van der Waals surface area (Å²) < 4.78 is 26.4. The van der Waals surface area contributed by atoms with Crippen LogP contribution in [0.15, 0.2) is 17.1 Å². The second-order valence-electron chi connectivity index (χ2n) is 2.98. The zero-order valence-corrected chi connectivity index (χ0v) is 8.11. The molecule has 1 aromatic carbocycles. The van der Waals surface area contributed by atoms with Crippen LogP contribution in [0.25, 0.3) is 0 Å². The highest BCUT2D eigenvalue weighted by atomic mass is 19.1. The van der Waals surface area contributed by atoms with Gasteiger partial charge < -0.3 is 0 Å². The van der Waals surface area contributed by atoms with E-state index in [0.717, 1.165) is 0 Å². The third-order valence-corrected chi connectivity index (χ3v) is 1.96. The SMILES string of the molecule is CC(N=C=O)c1cc(F)c([N+](=O)[O-])cc1F. The first kappa shape index (κ1) is 11.9. The Kier molecular flexibility index (Phi) is 3.42. The minimum absolute atomic E-state index is 0.230. The monoisotopic (exact) mass is 228 g/mol. The Hall–Kier alpha value is -2.14. The molecule has 1 rings (SSSR count). The quantitative estimate of drug-likeness (QED) is 0.344. The van der Waals surface area contributed by atoms with Crippen LogP contribution in [0.3, 0.4) is 0 Å². The average molecular weight is 228 g/mol. The number of nitro groups is 1. The van der Waals surface area contributed by atoms with Crippen molar-refractivity contribution in [1.82, 2.24) is 0 Å². The van der Waals surface area contributed by atoms with Crippen molar-refractivity contribution in [1.29, 1.82) is 0 Å². The predicted octanol–water partition coefficient (Wildman–Crippen LogP) is 2.27. The molecule has 0 aliphatic rings. The summed E-state index contributed by atoms with van der Waals surface area (Å²) in [4.78, 5) is 22.4. The lowest BCUT2D eigenvalue weighted by Gasteiger charge is -2.06. The van der Waals surface area contributed by atoms with Crippen LogP contribution in [0, 0.1) is 21.7 Å². The van der Waals surface area contributed by atoms with Crippen LogP contribution < -0.4 is 0 Å². The predicted molar refractivity (Wildman–Crippen MR) is 49.5 cm³/mol. The van der Waals surface area contributed by atoms with Gasteiger partial charge in [-0.05, 0) is 13.0 Å². The molecule has 7 heteroatoms. The van der Waals surface area contributed by atoms with E-state index in [2.05, 4.69) is 4.99 Å². The van der Waals surface area contributed by atoms with Gasteiger partial charge in [-0.25, -0.2) is 9.18 Å². The van der Waals surface area contributed by atoms with Crippen LogP contribution in [0.4, 0.5) is 14.5 Å². The number of carbonyl (C=O) groups excluding carboxylic acids is 1. The first-order chi connectivity index (χ1) is 7.47. The lowest BCUT2D eigenvalue weighted by atomic mass is 10.1. The molecule has 0 fully saturated rings. The number of rotatable bonds is 3. The number of halogens is 2. The molecule has 16 heavy (non-hydrogen) atoms. The molecule has 0 aromatic heterocycles. The van der Waals surface area contributed by atoms with Crippen molar-refractivity contribution in [3.8, 4) is 0 Å². The summed E-state index contributed by atoms with van der Waals surface area (Å²) in [6, 6.07) is 0.174. The van der Waals surface area contributed by atoms with Crippen molar-refractivity contribution in [2.75, 3.05) is 0 Å². The lowest BCUT2D eigenvalue weighted by Crippen LogP contribution is -2.00. The minimum Gasteiger partial charge on any atom is -0.258 e. The van der Waals surface area contributed by atoms with Crippen molar-refractivity contribution >= 4 is 11.8 Å². The molecular weight excluding hydrogens is 222 g/mol. The van der Waals surface area contributed by atoms with E-state index in [4.69, 9.17) is 0 Å².